The van der Waals surface area contributed by atoms with Crippen LogP contribution in [0.1, 0.15) is 36.1 Å². The van der Waals surface area contributed by atoms with Crippen LogP contribution in [-0.2, 0) is 9.47 Å². The topological polar surface area (TPSA) is 112 Å². The molecule has 0 spiro atoms. The van der Waals surface area contributed by atoms with Crippen LogP contribution in [0.2, 0.25) is 0 Å². The molecule has 0 bridgehead atoms. The zero-order valence-corrected chi connectivity index (χ0v) is 16.0. The van der Waals surface area contributed by atoms with E-state index in [1.165, 1.54) is 20.3 Å². The Bertz CT molecular complexity index is 1160. The van der Waals surface area contributed by atoms with Crippen LogP contribution in [0.15, 0.2) is 39.5 Å². The van der Waals surface area contributed by atoms with Gasteiger partial charge in [0.25, 0.3) is 5.91 Å². The lowest BCUT2D eigenvalue weighted by Crippen LogP contribution is -2.16. The van der Waals surface area contributed by atoms with Crippen molar-refractivity contribution in [3.05, 3.63) is 62.5 Å². The molecule has 0 saturated carbocycles. The van der Waals surface area contributed by atoms with E-state index in [2.05, 4.69) is 5.32 Å². The molecule has 2 aromatic heterocycles. The van der Waals surface area contributed by atoms with Crippen molar-refractivity contribution >= 4 is 45.0 Å². The number of anilines is 1. The van der Waals surface area contributed by atoms with Gasteiger partial charge in [0.2, 0.25) is 0 Å². The Balaban J connectivity index is 2.03. The summed E-state index contributed by atoms with van der Waals surface area (Å²) in [5, 5.41) is 3.48. The first-order valence-corrected chi connectivity index (χ1v) is 8.83. The second kappa shape index (κ2) is 7.65. The average molecular weight is 401 g/mol. The molecule has 3 rings (SSSR count). The first kappa shape index (κ1) is 19.3. The summed E-state index contributed by atoms with van der Waals surface area (Å²) in [5.41, 5.74) is -0.308. The summed E-state index contributed by atoms with van der Waals surface area (Å²) in [6.45, 7) is 1.54. The number of methoxy groups -OCH3 is 2. The van der Waals surface area contributed by atoms with Crippen molar-refractivity contribution in [3.63, 3.8) is 0 Å². The van der Waals surface area contributed by atoms with Gasteiger partial charge in [-0.3, -0.25) is 4.79 Å². The van der Waals surface area contributed by atoms with Gasteiger partial charge in [0, 0.05) is 0 Å². The van der Waals surface area contributed by atoms with Crippen molar-refractivity contribution in [2.24, 2.45) is 0 Å². The fourth-order valence-corrected chi connectivity index (χ4v) is 3.76. The Hall–Kier alpha value is -3.46. The molecule has 28 heavy (non-hydrogen) atoms. The van der Waals surface area contributed by atoms with Gasteiger partial charge in [-0.15, -0.1) is 11.3 Å². The van der Waals surface area contributed by atoms with E-state index >= 15 is 0 Å². The van der Waals surface area contributed by atoms with Crippen molar-refractivity contribution < 1.29 is 28.3 Å². The molecular formula is C19H15NO7S. The number of hydrogen-bond donors (Lipinski definition) is 1. The standard InChI is InChI=1S/C19H15NO7S/c1-9-13(18(23)25-2)16(28-14(9)19(24)26-3)20-15(21)12-8-10-6-4-5-7-11(10)17(22)27-12/h4-8H,1-3H3,(H,20,21). The molecule has 0 saturated heterocycles. The average Bonchev–Trinajstić information content (AvgIpc) is 3.02. The molecule has 2 heterocycles. The molecule has 1 N–H and O–H groups in total. The van der Waals surface area contributed by atoms with Gasteiger partial charge in [0.15, 0.2) is 5.76 Å². The molecule has 0 aliphatic carbocycles. The number of amides is 1. The van der Waals surface area contributed by atoms with Crippen LogP contribution < -0.4 is 10.9 Å². The number of nitrogens with one attached hydrogen (secondary N) is 1. The Labute approximate surface area is 162 Å². The van der Waals surface area contributed by atoms with E-state index in [4.69, 9.17) is 13.9 Å². The molecule has 0 unspecified atom stereocenters. The Morgan fingerprint density at radius 2 is 1.75 bits per heavy atom. The largest absolute Gasteiger partial charge is 0.465 e. The molecular weight excluding hydrogens is 386 g/mol. The summed E-state index contributed by atoms with van der Waals surface area (Å²) in [5.74, 6) is -2.35. The molecule has 0 aliphatic heterocycles. The second-order valence-electron chi connectivity index (χ2n) is 5.68. The fraction of sp³-hybridized carbons (Fsp3) is 0.158. The van der Waals surface area contributed by atoms with Crippen LogP contribution in [-0.4, -0.2) is 32.1 Å². The second-order valence-corrected chi connectivity index (χ2v) is 6.70. The van der Waals surface area contributed by atoms with Crippen molar-refractivity contribution in [1.29, 1.82) is 0 Å². The van der Waals surface area contributed by atoms with E-state index in [0.717, 1.165) is 11.3 Å². The summed E-state index contributed by atoms with van der Waals surface area (Å²) < 4.78 is 14.5. The highest BCUT2D eigenvalue weighted by molar-refractivity contribution is 7.18. The number of rotatable bonds is 4. The monoisotopic (exact) mass is 401 g/mol. The molecule has 9 heteroatoms. The summed E-state index contributed by atoms with van der Waals surface area (Å²) in [6.07, 6.45) is 0. The van der Waals surface area contributed by atoms with E-state index in [9.17, 15) is 19.2 Å². The van der Waals surface area contributed by atoms with Crippen molar-refractivity contribution in [3.8, 4) is 0 Å². The number of carbonyl (C=O) groups is 3. The van der Waals surface area contributed by atoms with Crippen LogP contribution >= 0.6 is 11.3 Å². The van der Waals surface area contributed by atoms with Gasteiger partial charge >= 0.3 is 17.6 Å². The molecule has 0 atom stereocenters. The molecule has 0 fully saturated rings. The molecule has 0 radical (unpaired) electrons. The quantitative estimate of drug-likeness (QED) is 0.669. The number of benzene rings is 1. The Morgan fingerprint density at radius 3 is 2.43 bits per heavy atom. The van der Waals surface area contributed by atoms with Crippen LogP contribution in [0.4, 0.5) is 5.00 Å². The lowest BCUT2D eigenvalue weighted by molar-refractivity contribution is 0.0601. The zero-order valence-electron chi connectivity index (χ0n) is 15.2. The molecule has 3 aromatic rings. The first-order valence-electron chi connectivity index (χ1n) is 8.01. The highest BCUT2D eigenvalue weighted by Gasteiger charge is 2.27. The van der Waals surface area contributed by atoms with Crippen molar-refractivity contribution in [1.82, 2.24) is 0 Å². The predicted octanol–water partition coefficient (Wildman–Crippen LogP) is 2.99. The van der Waals surface area contributed by atoms with E-state index < -0.39 is 23.5 Å². The third-order valence-electron chi connectivity index (χ3n) is 4.03. The van der Waals surface area contributed by atoms with Gasteiger partial charge in [-0.1, -0.05) is 18.2 Å². The van der Waals surface area contributed by atoms with Gasteiger partial charge in [0.1, 0.15) is 9.88 Å². The van der Waals surface area contributed by atoms with Crippen LogP contribution in [0.5, 0.6) is 0 Å². The first-order chi connectivity index (χ1) is 13.4. The van der Waals surface area contributed by atoms with Gasteiger partial charge in [-0.05, 0) is 30.0 Å². The number of carbonyl (C=O) groups excluding carboxylic acids is 3. The maximum absolute atomic E-state index is 12.6. The maximum atomic E-state index is 12.6. The highest BCUT2D eigenvalue weighted by Crippen LogP contribution is 2.34. The van der Waals surface area contributed by atoms with Gasteiger partial charge in [-0.25, -0.2) is 14.4 Å². The van der Waals surface area contributed by atoms with E-state index in [1.807, 2.05) is 0 Å². The van der Waals surface area contributed by atoms with Gasteiger partial charge in [0.05, 0.1) is 25.2 Å². The molecule has 1 aromatic carbocycles. The lowest BCUT2D eigenvalue weighted by atomic mass is 10.1. The van der Waals surface area contributed by atoms with Crippen molar-refractivity contribution in [2.75, 3.05) is 19.5 Å². The third kappa shape index (κ3) is 3.39. The van der Waals surface area contributed by atoms with Crippen molar-refractivity contribution in [2.45, 2.75) is 6.92 Å². The molecule has 1 amide bonds. The van der Waals surface area contributed by atoms with Crippen LogP contribution in [0.3, 0.4) is 0 Å². The van der Waals surface area contributed by atoms with Gasteiger partial charge < -0.3 is 19.2 Å². The minimum atomic E-state index is -0.745. The Kier molecular flexibility index (Phi) is 5.27. The summed E-state index contributed by atoms with van der Waals surface area (Å²) in [6, 6.07) is 8.09. The smallest absolute Gasteiger partial charge is 0.348 e. The third-order valence-corrected chi connectivity index (χ3v) is 5.22. The van der Waals surface area contributed by atoms with Gasteiger partial charge in [-0.2, -0.15) is 0 Å². The van der Waals surface area contributed by atoms with Crippen LogP contribution in [0, 0.1) is 6.92 Å². The maximum Gasteiger partial charge on any atom is 0.348 e. The molecule has 8 nitrogen and oxygen atoms in total. The molecule has 144 valence electrons. The minimum Gasteiger partial charge on any atom is -0.465 e. The number of esters is 2. The summed E-state index contributed by atoms with van der Waals surface area (Å²) in [7, 11) is 2.40. The summed E-state index contributed by atoms with van der Waals surface area (Å²) >= 11 is 0.866. The lowest BCUT2D eigenvalue weighted by Gasteiger charge is -2.06. The highest BCUT2D eigenvalue weighted by atomic mass is 32.1. The SMILES string of the molecule is COC(=O)c1sc(NC(=O)c2cc3ccccc3c(=O)o2)c(C(=O)OC)c1C. The zero-order chi connectivity index (χ0) is 20.4. The number of thiophene rings is 1. The number of hydrogen-bond acceptors (Lipinski definition) is 8. The normalized spacial score (nSPS) is 10.5. The van der Waals surface area contributed by atoms with E-state index in [-0.39, 0.29) is 21.2 Å². The van der Waals surface area contributed by atoms with E-state index in [1.54, 1.807) is 31.2 Å². The fourth-order valence-electron chi connectivity index (χ4n) is 2.65. The number of ether oxygens (including phenoxy) is 2. The number of fused-ring (bicyclic) bond motifs is 1. The minimum absolute atomic E-state index is 0.0318. The summed E-state index contributed by atoms with van der Waals surface area (Å²) in [4.78, 5) is 48.9. The predicted molar refractivity (Wildman–Crippen MR) is 102 cm³/mol. The Morgan fingerprint density at radius 1 is 1.07 bits per heavy atom. The molecule has 0 aliphatic rings. The van der Waals surface area contributed by atoms with E-state index in [0.29, 0.717) is 16.3 Å². The van der Waals surface area contributed by atoms with Crippen LogP contribution in [0.25, 0.3) is 10.8 Å².